The molecule has 1 amide bonds. The molecule has 1 heterocycles. The molecule has 0 spiro atoms. The summed E-state index contributed by atoms with van der Waals surface area (Å²) < 4.78 is 6.41. The van der Waals surface area contributed by atoms with E-state index < -0.39 is 5.76 Å². The van der Waals surface area contributed by atoms with Crippen molar-refractivity contribution in [1.29, 1.82) is 0 Å². The molecule has 128 valence electrons. The van der Waals surface area contributed by atoms with E-state index in [1.165, 1.54) is 17.6 Å². The van der Waals surface area contributed by atoms with E-state index in [-0.39, 0.29) is 24.3 Å². The van der Waals surface area contributed by atoms with Gasteiger partial charge in [0.1, 0.15) is 6.54 Å². The SMILES string of the molecule is CC(=O)c1ccc2c(c1)oc(=O)n2CC(=O)NC(C)c1ccccc1. The van der Waals surface area contributed by atoms with E-state index in [2.05, 4.69) is 5.32 Å². The zero-order valence-corrected chi connectivity index (χ0v) is 14.0. The van der Waals surface area contributed by atoms with Gasteiger partial charge in [0.25, 0.3) is 0 Å². The van der Waals surface area contributed by atoms with Crippen LogP contribution in [-0.2, 0) is 11.3 Å². The van der Waals surface area contributed by atoms with Gasteiger partial charge in [0.2, 0.25) is 5.91 Å². The van der Waals surface area contributed by atoms with E-state index >= 15 is 0 Å². The van der Waals surface area contributed by atoms with Crippen molar-refractivity contribution < 1.29 is 14.0 Å². The van der Waals surface area contributed by atoms with Crippen LogP contribution < -0.4 is 11.1 Å². The molecule has 6 nitrogen and oxygen atoms in total. The highest BCUT2D eigenvalue weighted by atomic mass is 16.4. The Kier molecular flexibility index (Phi) is 4.52. The second-order valence-electron chi connectivity index (χ2n) is 5.89. The van der Waals surface area contributed by atoms with E-state index in [4.69, 9.17) is 4.42 Å². The highest BCUT2D eigenvalue weighted by Crippen LogP contribution is 2.16. The first-order valence-corrected chi connectivity index (χ1v) is 7.94. The monoisotopic (exact) mass is 338 g/mol. The average molecular weight is 338 g/mol. The predicted octanol–water partition coefficient (Wildman–Crippen LogP) is 2.67. The van der Waals surface area contributed by atoms with Crippen LogP contribution in [-0.4, -0.2) is 16.3 Å². The van der Waals surface area contributed by atoms with E-state index in [0.717, 1.165) is 5.56 Å². The van der Waals surface area contributed by atoms with Gasteiger partial charge in [0, 0.05) is 5.56 Å². The van der Waals surface area contributed by atoms with Crippen molar-refractivity contribution in [2.24, 2.45) is 0 Å². The number of hydrogen-bond acceptors (Lipinski definition) is 4. The number of rotatable bonds is 5. The molecule has 1 aromatic heterocycles. The number of carbonyl (C=O) groups excluding carboxylic acids is 2. The summed E-state index contributed by atoms with van der Waals surface area (Å²) in [7, 11) is 0. The summed E-state index contributed by atoms with van der Waals surface area (Å²) in [6.45, 7) is 3.17. The zero-order chi connectivity index (χ0) is 18.0. The smallest absolute Gasteiger partial charge is 0.408 e. The number of amides is 1. The maximum absolute atomic E-state index is 12.3. The lowest BCUT2D eigenvalue weighted by atomic mass is 10.1. The quantitative estimate of drug-likeness (QED) is 0.725. The third kappa shape index (κ3) is 3.52. The van der Waals surface area contributed by atoms with Crippen LogP contribution in [0.3, 0.4) is 0 Å². The maximum atomic E-state index is 12.3. The first-order chi connectivity index (χ1) is 12.0. The van der Waals surface area contributed by atoms with Crippen LogP contribution in [0.5, 0.6) is 0 Å². The molecule has 1 N–H and O–H groups in total. The normalized spacial score (nSPS) is 12.1. The van der Waals surface area contributed by atoms with Crippen molar-refractivity contribution >= 4 is 22.8 Å². The Morgan fingerprint density at radius 2 is 1.88 bits per heavy atom. The van der Waals surface area contributed by atoms with Crippen LogP contribution in [0.15, 0.2) is 57.7 Å². The minimum atomic E-state index is -0.627. The third-order valence-electron chi connectivity index (χ3n) is 4.05. The lowest BCUT2D eigenvalue weighted by Gasteiger charge is -2.14. The number of ketones is 1. The Morgan fingerprint density at radius 3 is 2.56 bits per heavy atom. The molecule has 0 fully saturated rings. The summed E-state index contributed by atoms with van der Waals surface area (Å²) in [4.78, 5) is 35.8. The molecule has 0 bridgehead atoms. The van der Waals surface area contributed by atoms with Crippen LogP contribution in [0.2, 0.25) is 0 Å². The summed E-state index contributed by atoms with van der Waals surface area (Å²) in [6.07, 6.45) is 0. The summed E-state index contributed by atoms with van der Waals surface area (Å²) in [5, 5.41) is 2.86. The number of aromatic nitrogens is 1. The molecule has 3 aromatic rings. The Labute approximate surface area is 144 Å². The Hall–Kier alpha value is -3.15. The van der Waals surface area contributed by atoms with Crippen molar-refractivity contribution in [2.75, 3.05) is 0 Å². The molecule has 0 aliphatic carbocycles. The van der Waals surface area contributed by atoms with Crippen LogP contribution >= 0.6 is 0 Å². The van der Waals surface area contributed by atoms with Gasteiger partial charge in [-0.3, -0.25) is 14.2 Å². The van der Waals surface area contributed by atoms with Crippen molar-refractivity contribution in [3.05, 3.63) is 70.2 Å². The molecule has 0 aliphatic rings. The van der Waals surface area contributed by atoms with Crippen molar-refractivity contribution in [1.82, 2.24) is 9.88 Å². The number of nitrogens with zero attached hydrogens (tertiary/aromatic N) is 1. The summed E-state index contributed by atoms with van der Waals surface area (Å²) in [5.41, 5.74) is 2.21. The summed E-state index contributed by atoms with van der Waals surface area (Å²) in [5.74, 6) is -1.04. The fourth-order valence-corrected chi connectivity index (χ4v) is 2.69. The summed E-state index contributed by atoms with van der Waals surface area (Å²) >= 11 is 0. The van der Waals surface area contributed by atoms with Crippen molar-refractivity contribution in [3.63, 3.8) is 0 Å². The second-order valence-corrected chi connectivity index (χ2v) is 5.89. The number of nitrogens with one attached hydrogen (secondary N) is 1. The van der Waals surface area contributed by atoms with Crippen LogP contribution in [0, 0.1) is 0 Å². The standard InChI is InChI=1S/C19H18N2O4/c1-12(14-6-4-3-5-7-14)20-18(23)11-21-16-9-8-15(13(2)22)10-17(16)25-19(21)24/h3-10,12H,11H2,1-2H3,(H,20,23). The fraction of sp³-hybridized carbons (Fsp3) is 0.211. The van der Waals surface area contributed by atoms with Crippen LogP contribution in [0.25, 0.3) is 11.1 Å². The Balaban J connectivity index is 1.80. The van der Waals surface area contributed by atoms with Gasteiger partial charge in [-0.05, 0) is 37.6 Å². The van der Waals surface area contributed by atoms with Crippen LogP contribution in [0.4, 0.5) is 0 Å². The summed E-state index contributed by atoms with van der Waals surface area (Å²) in [6, 6.07) is 14.1. The highest BCUT2D eigenvalue weighted by molar-refractivity contribution is 5.97. The first kappa shape index (κ1) is 16.7. The van der Waals surface area contributed by atoms with Gasteiger partial charge in [-0.1, -0.05) is 30.3 Å². The van der Waals surface area contributed by atoms with Crippen molar-refractivity contribution in [2.45, 2.75) is 26.4 Å². The molecular weight excluding hydrogens is 320 g/mol. The number of Topliss-reactive ketones (excluding diaryl/α,β-unsaturated/α-hetero) is 1. The molecule has 2 aromatic carbocycles. The van der Waals surface area contributed by atoms with E-state index in [9.17, 15) is 14.4 Å². The topological polar surface area (TPSA) is 81.3 Å². The maximum Gasteiger partial charge on any atom is 0.420 e. The van der Waals surface area contributed by atoms with Crippen LogP contribution in [0.1, 0.15) is 35.8 Å². The molecule has 25 heavy (non-hydrogen) atoms. The van der Waals surface area contributed by atoms with E-state index in [1.807, 2.05) is 37.3 Å². The number of oxazole rings is 1. The molecule has 0 aliphatic heterocycles. The van der Waals surface area contributed by atoms with Gasteiger partial charge < -0.3 is 9.73 Å². The van der Waals surface area contributed by atoms with Crippen molar-refractivity contribution in [3.8, 4) is 0 Å². The molecule has 1 unspecified atom stereocenters. The second kappa shape index (κ2) is 6.76. The fourth-order valence-electron chi connectivity index (χ4n) is 2.69. The first-order valence-electron chi connectivity index (χ1n) is 7.94. The minimum absolute atomic E-state index is 0.119. The van der Waals surface area contributed by atoms with Gasteiger partial charge in [0.15, 0.2) is 11.4 Å². The molecule has 3 rings (SSSR count). The lowest BCUT2D eigenvalue weighted by Crippen LogP contribution is -2.32. The molecule has 6 heteroatoms. The van der Waals surface area contributed by atoms with E-state index in [0.29, 0.717) is 16.7 Å². The number of fused-ring (bicyclic) bond motifs is 1. The number of hydrogen-bond donors (Lipinski definition) is 1. The third-order valence-corrected chi connectivity index (χ3v) is 4.05. The van der Waals surface area contributed by atoms with Gasteiger partial charge >= 0.3 is 5.76 Å². The molecule has 0 radical (unpaired) electrons. The van der Waals surface area contributed by atoms with Gasteiger partial charge in [-0.25, -0.2) is 4.79 Å². The predicted molar refractivity (Wildman–Crippen MR) is 93.5 cm³/mol. The minimum Gasteiger partial charge on any atom is -0.408 e. The average Bonchev–Trinajstić information content (AvgIpc) is 2.90. The highest BCUT2D eigenvalue weighted by Gasteiger charge is 2.15. The van der Waals surface area contributed by atoms with Gasteiger partial charge in [-0.2, -0.15) is 0 Å². The number of carbonyl (C=O) groups is 2. The van der Waals surface area contributed by atoms with Gasteiger partial charge in [-0.15, -0.1) is 0 Å². The molecule has 0 saturated carbocycles. The van der Waals surface area contributed by atoms with Gasteiger partial charge in [0.05, 0.1) is 11.6 Å². The Bertz CT molecular complexity index is 986. The number of benzene rings is 2. The van der Waals surface area contributed by atoms with E-state index in [1.54, 1.807) is 12.1 Å². The zero-order valence-electron chi connectivity index (χ0n) is 14.0. The Morgan fingerprint density at radius 1 is 1.16 bits per heavy atom. The molecular formula is C19H18N2O4. The molecule has 0 saturated heterocycles. The lowest BCUT2D eigenvalue weighted by molar-refractivity contribution is -0.122. The largest absolute Gasteiger partial charge is 0.420 e. The molecule has 1 atom stereocenters.